The quantitative estimate of drug-likeness (QED) is 0.0287. The average Bonchev–Trinajstić information content (AvgIpc) is 3.81. The molecule has 18 heteroatoms. The summed E-state index contributed by atoms with van der Waals surface area (Å²) in [6.45, 7) is 0.946. The topological polar surface area (TPSA) is 297 Å². The highest BCUT2D eigenvalue weighted by Crippen LogP contribution is 2.19. The summed E-state index contributed by atoms with van der Waals surface area (Å²) in [5.74, 6) is -4.13. The predicted molar refractivity (Wildman–Crippen MR) is 200 cm³/mol. The number of H-pyrrole nitrogens is 2. The van der Waals surface area contributed by atoms with E-state index >= 15 is 0 Å². The van der Waals surface area contributed by atoms with Crippen LogP contribution in [0.5, 0.6) is 0 Å². The summed E-state index contributed by atoms with van der Waals surface area (Å²) in [5, 5.41) is 14.1. The molecule has 0 aliphatic rings. The number of hydrogen-bond donors (Lipinski definition) is 10. The SMILES string of the molecule is CC(=O)N[C@@H](Cc1cnc[nH]1)C(=O)N[C@H](Cc1ccccc1)C(=O)N[C@@H](CCCN=C(N)N)C(=O)N[C@H](Cc1c[nH]c2ccccc12)C(=O)NCC(N)=O. The summed E-state index contributed by atoms with van der Waals surface area (Å²) in [4.78, 5) is 92.6. The van der Waals surface area contributed by atoms with Crippen molar-refractivity contribution in [2.75, 3.05) is 13.1 Å². The first kappa shape index (κ1) is 40.1. The number of aliphatic imine (C=N–C) groups is 1. The van der Waals surface area contributed by atoms with Gasteiger partial charge in [0.25, 0.3) is 0 Å². The Morgan fingerprint density at radius 3 is 2.02 bits per heavy atom. The van der Waals surface area contributed by atoms with Gasteiger partial charge in [-0.1, -0.05) is 48.5 Å². The Bertz CT molecular complexity index is 1920. The Morgan fingerprint density at radius 2 is 1.37 bits per heavy atom. The van der Waals surface area contributed by atoms with E-state index in [9.17, 15) is 28.8 Å². The van der Waals surface area contributed by atoms with Crippen molar-refractivity contribution in [2.24, 2.45) is 22.2 Å². The maximum atomic E-state index is 14.1. The van der Waals surface area contributed by atoms with Gasteiger partial charge in [0, 0.05) is 61.7 Å². The van der Waals surface area contributed by atoms with E-state index in [1.165, 1.54) is 19.4 Å². The predicted octanol–water partition coefficient (Wildman–Crippen LogP) is -1.47. The number of hydrogen-bond acceptors (Lipinski definition) is 8. The summed E-state index contributed by atoms with van der Waals surface area (Å²) in [5.41, 5.74) is 19.1. The van der Waals surface area contributed by atoms with E-state index in [2.05, 4.69) is 46.5 Å². The molecule has 2 aromatic heterocycles. The first-order valence-electron chi connectivity index (χ1n) is 17.2. The van der Waals surface area contributed by atoms with Crippen molar-refractivity contribution in [3.8, 4) is 0 Å². The molecule has 6 amide bonds. The third-order valence-electron chi connectivity index (χ3n) is 8.34. The molecule has 2 heterocycles. The van der Waals surface area contributed by atoms with Crippen molar-refractivity contribution >= 4 is 52.3 Å². The third kappa shape index (κ3) is 12.5. The molecule has 4 rings (SSSR count). The number of guanidine groups is 1. The molecule has 0 bridgehead atoms. The fourth-order valence-corrected chi connectivity index (χ4v) is 5.75. The van der Waals surface area contributed by atoms with Crippen LogP contribution in [0, 0.1) is 0 Å². The van der Waals surface area contributed by atoms with Crippen LogP contribution in [0.3, 0.4) is 0 Å². The number of nitrogens with zero attached hydrogens (tertiary/aromatic N) is 2. The van der Waals surface area contributed by atoms with Gasteiger partial charge in [0.1, 0.15) is 24.2 Å². The molecule has 0 spiro atoms. The Hall–Kier alpha value is -6.72. The minimum absolute atomic E-state index is 0.0303. The molecule has 4 atom stereocenters. The lowest BCUT2D eigenvalue weighted by atomic mass is 10.0. The van der Waals surface area contributed by atoms with Gasteiger partial charge in [-0.05, 0) is 30.0 Å². The third-order valence-corrected chi connectivity index (χ3v) is 8.34. The smallest absolute Gasteiger partial charge is 0.243 e. The molecule has 2 aromatic carbocycles. The van der Waals surface area contributed by atoms with Gasteiger partial charge >= 0.3 is 0 Å². The summed E-state index contributed by atoms with van der Waals surface area (Å²) in [6, 6.07) is 11.7. The molecule has 18 nitrogen and oxygen atoms in total. The van der Waals surface area contributed by atoms with Gasteiger partial charge in [-0.2, -0.15) is 0 Å². The summed E-state index contributed by atoms with van der Waals surface area (Å²) in [6.07, 6.45) is 5.10. The van der Waals surface area contributed by atoms with Gasteiger partial charge in [0.05, 0.1) is 12.9 Å². The molecule has 0 radical (unpaired) electrons. The number of carbonyl (C=O) groups excluding carboxylic acids is 6. The molecule has 0 saturated heterocycles. The van der Waals surface area contributed by atoms with Gasteiger partial charge in [-0.3, -0.25) is 33.8 Å². The molecule has 0 saturated carbocycles. The first-order valence-corrected chi connectivity index (χ1v) is 17.2. The number of primary amides is 1. The van der Waals surface area contributed by atoms with E-state index in [1.807, 2.05) is 24.3 Å². The Morgan fingerprint density at radius 1 is 0.741 bits per heavy atom. The van der Waals surface area contributed by atoms with Crippen LogP contribution >= 0.6 is 0 Å². The van der Waals surface area contributed by atoms with Crippen LogP contribution in [-0.2, 0) is 48.0 Å². The van der Waals surface area contributed by atoms with Crippen LogP contribution in [0.4, 0.5) is 0 Å². The van der Waals surface area contributed by atoms with Crippen molar-refractivity contribution in [2.45, 2.75) is 63.2 Å². The first-order chi connectivity index (χ1) is 25.9. The molecule has 286 valence electrons. The molecule has 0 unspecified atom stereocenters. The highest BCUT2D eigenvalue weighted by atomic mass is 16.2. The minimum atomic E-state index is -1.23. The van der Waals surface area contributed by atoms with Crippen molar-refractivity contribution in [1.29, 1.82) is 0 Å². The van der Waals surface area contributed by atoms with Gasteiger partial charge < -0.3 is 53.8 Å². The molecular weight excluding hydrogens is 696 g/mol. The lowest BCUT2D eigenvalue weighted by Gasteiger charge is -2.26. The molecule has 54 heavy (non-hydrogen) atoms. The maximum absolute atomic E-state index is 14.1. The number of nitrogens with one attached hydrogen (secondary N) is 7. The monoisotopic (exact) mass is 742 g/mol. The van der Waals surface area contributed by atoms with Gasteiger partial charge in [-0.15, -0.1) is 0 Å². The largest absolute Gasteiger partial charge is 0.370 e. The zero-order valence-corrected chi connectivity index (χ0v) is 29.8. The second kappa shape index (κ2) is 19.8. The number of fused-ring (bicyclic) bond motifs is 1. The van der Waals surface area contributed by atoms with E-state index in [0.717, 1.165) is 10.9 Å². The maximum Gasteiger partial charge on any atom is 0.243 e. The van der Waals surface area contributed by atoms with Crippen molar-refractivity contribution in [1.82, 2.24) is 41.5 Å². The van der Waals surface area contributed by atoms with Crippen LogP contribution < -0.4 is 43.8 Å². The molecule has 13 N–H and O–H groups in total. The Kier molecular flexibility index (Phi) is 14.7. The molecular formula is C36H46N12O6. The second-order valence-corrected chi connectivity index (χ2v) is 12.6. The van der Waals surface area contributed by atoms with Crippen LogP contribution in [-0.4, -0.2) is 93.6 Å². The zero-order chi connectivity index (χ0) is 39.0. The number of nitrogens with two attached hydrogens (primary N) is 3. The Balaban J connectivity index is 1.60. The number of para-hydroxylation sites is 1. The summed E-state index contributed by atoms with van der Waals surface area (Å²) >= 11 is 0. The zero-order valence-electron chi connectivity index (χ0n) is 29.8. The van der Waals surface area contributed by atoms with E-state index < -0.39 is 66.2 Å². The van der Waals surface area contributed by atoms with Crippen LogP contribution in [0.1, 0.15) is 36.6 Å². The van der Waals surface area contributed by atoms with Crippen LogP contribution in [0.25, 0.3) is 10.9 Å². The number of amides is 6. The van der Waals surface area contributed by atoms with Gasteiger partial charge in [-0.25, -0.2) is 4.98 Å². The standard InChI is InChI=1S/C36H46N12O6/c1-21(49)45-30(16-24-18-40-20-44-24)35(54)47-28(14-22-8-3-2-4-9-22)34(53)46-27(12-7-13-41-36(38)39)33(52)48-29(32(51)43-19-31(37)50)15-23-17-42-26-11-6-5-10-25(23)26/h2-6,8-11,17-18,20,27-30,42H,7,12-16,19H2,1H3,(H2,37,50)(H,40,44)(H,43,51)(H,45,49)(H,46,53)(H,47,54)(H,48,52)(H4,38,39,41)/t27-,28+,29+,30-/m0/s1. The van der Waals surface area contributed by atoms with Crippen LogP contribution in [0.15, 0.2) is 78.3 Å². The molecule has 0 aliphatic heterocycles. The highest BCUT2D eigenvalue weighted by Gasteiger charge is 2.32. The lowest BCUT2D eigenvalue weighted by molar-refractivity contribution is -0.134. The Labute approximate surface area is 310 Å². The number of benzene rings is 2. The molecule has 0 aliphatic carbocycles. The summed E-state index contributed by atoms with van der Waals surface area (Å²) in [7, 11) is 0. The van der Waals surface area contributed by atoms with E-state index in [0.29, 0.717) is 16.8 Å². The van der Waals surface area contributed by atoms with Gasteiger partial charge in [0.2, 0.25) is 35.4 Å². The number of rotatable bonds is 20. The number of carbonyl (C=O) groups is 6. The fourth-order valence-electron chi connectivity index (χ4n) is 5.75. The van der Waals surface area contributed by atoms with E-state index in [1.54, 1.807) is 36.5 Å². The number of aromatic amines is 2. The van der Waals surface area contributed by atoms with E-state index in [4.69, 9.17) is 17.2 Å². The number of aromatic nitrogens is 3. The lowest BCUT2D eigenvalue weighted by Crippen LogP contribution is -2.59. The van der Waals surface area contributed by atoms with Crippen molar-refractivity contribution < 1.29 is 28.8 Å². The van der Waals surface area contributed by atoms with Crippen LogP contribution in [0.2, 0.25) is 0 Å². The van der Waals surface area contributed by atoms with Gasteiger partial charge in [0.15, 0.2) is 5.96 Å². The number of imidazole rings is 1. The molecule has 4 aromatic rings. The van der Waals surface area contributed by atoms with E-state index in [-0.39, 0.29) is 44.6 Å². The summed E-state index contributed by atoms with van der Waals surface area (Å²) < 4.78 is 0. The van der Waals surface area contributed by atoms with Crippen molar-refractivity contribution in [3.05, 3.63) is 90.1 Å². The molecule has 0 fully saturated rings. The highest BCUT2D eigenvalue weighted by molar-refractivity contribution is 5.96. The second-order valence-electron chi connectivity index (χ2n) is 12.6. The fraction of sp³-hybridized carbons (Fsp3) is 0.333. The normalized spacial score (nSPS) is 13.1. The van der Waals surface area contributed by atoms with Crippen molar-refractivity contribution in [3.63, 3.8) is 0 Å². The minimum Gasteiger partial charge on any atom is -0.370 e. The average molecular weight is 743 g/mol.